The molecule has 0 radical (unpaired) electrons. The maximum Gasteiger partial charge on any atom is 0.309 e. The van der Waals surface area contributed by atoms with Crippen molar-refractivity contribution in [2.45, 2.75) is 13.0 Å². The van der Waals surface area contributed by atoms with Gasteiger partial charge in [0, 0.05) is 23.5 Å². The lowest BCUT2D eigenvalue weighted by atomic mass is 10.0. The number of carboxylic acids is 1. The van der Waals surface area contributed by atoms with Gasteiger partial charge in [0.1, 0.15) is 5.82 Å². The second-order valence-corrected chi connectivity index (χ2v) is 4.83. The van der Waals surface area contributed by atoms with Crippen LogP contribution in [0.15, 0.2) is 42.5 Å². The highest BCUT2D eigenvalue weighted by molar-refractivity contribution is 6.10. The Morgan fingerprint density at radius 2 is 1.91 bits per heavy atom. The Hall–Kier alpha value is -2.89. The summed E-state index contributed by atoms with van der Waals surface area (Å²) >= 11 is 0. The summed E-state index contributed by atoms with van der Waals surface area (Å²) in [6, 6.07) is 11.1. The van der Waals surface area contributed by atoms with Crippen LogP contribution in [0.1, 0.15) is 17.5 Å². The lowest BCUT2D eigenvalue weighted by molar-refractivity contribution is -0.135. The van der Waals surface area contributed by atoms with Gasteiger partial charge in [0.2, 0.25) is 0 Å². The van der Waals surface area contributed by atoms with Gasteiger partial charge in [-0.1, -0.05) is 12.1 Å². The molecule has 6 heteroatoms. The molecule has 0 spiro atoms. The molecule has 0 amide bonds. The Bertz CT molecular complexity index is 699. The number of carbonyl (C=O) groups is 1. The minimum atomic E-state index is -1.10. The Balaban J connectivity index is 2.18. The predicted molar refractivity (Wildman–Crippen MR) is 83.7 cm³/mol. The van der Waals surface area contributed by atoms with Crippen LogP contribution in [0.5, 0.6) is 0 Å². The third-order valence-corrected chi connectivity index (χ3v) is 3.10. The van der Waals surface area contributed by atoms with Gasteiger partial charge in [-0.05, 0) is 35.9 Å². The summed E-state index contributed by atoms with van der Waals surface area (Å²) in [7, 11) is 0. The number of hydrogen-bond acceptors (Lipinski definition) is 4. The molecule has 0 aliphatic heterocycles. The number of benzene rings is 2. The fourth-order valence-electron chi connectivity index (χ4n) is 2.01. The van der Waals surface area contributed by atoms with Crippen LogP contribution in [0.3, 0.4) is 0 Å². The Morgan fingerprint density at radius 1 is 1.23 bits per heavy atom. The minimum absolute atomic E-state index is 0.0766. The van der Waals surface area contributed by atoms with Gasteiger partial charge >= 0.3 is 5.97 Å². The smallest absolute Gasteiger partial charge is 0.309 e. The molecule has 0 aromatic heterocycles. The van der Waals surface area contributed by atoms with Crippen molar-refractivity contribution in [1.29, 1.82) is 5.41 Å². The van der Waals surface area contributed by atoms with Crippen molar-refractivity contribution in [3.63, 3.8) is 0 Å². The van der Waals surface area contributed by atoms with E-state index < -0.39 is 18.2 Å². The van der Waals surface area contributed by atoms with Gasteiger partial charge in [-0.2, -0.15) is 0 Å². The van der Waals surface area contributed by atoms with Gasteiger partial charge in [0.15, 0.2) is 0 Å². The van der Waals surface area contributed by atoms with Crippen molar-refractivity contribution >= 4 is 23.1 Å². The molecule has 5 N–H and O–H groups in total. The standard InChI is InChI=1S/C16H16FN3O2/c17-11-3-6-13(14(19)8-16(21)22)15(7-11)20-9-10-1-4-12(18)5-2-10/h1-7,19-20H,8-9,18H2,(H,21,22). The molecule has 0 bridgehead atoms. The normalized spacial score (nSPS) is 10.2. The Morgan fingerprint density at radius 3 is 2.55 bits per heavy atom. The van der Waals surface area contributed by atoms with Crippen LogP contribution >= 0.6 is 0 Å². The summed E-state index contributed by atoms with van der Waals surface area (Å²) in [5, 5.41) is 19.6. The van der Waals surface area contributed by atoms with Crippen molar-refractivity contribution in [2.24, 2.45) is 0 Å². The molecule has 0 unspecified atom stereocenters. The summed E-state index contributed by atoms with van der Waals surface area (Å²) in [5.41, 5.74) is 7.89. The number of rotatable bonds is 6. The molecule has 114 valence electrons. The fraction of sp³-hybridized carbons (Fsp3) is 0.125. The molecule has 0 saturated carbocycles. The molecule has 0 heterocycles. The van der Waals surface area contributed by atoms with E-state index in [1.807, 2.05) is 12.1 Å². The maximum atomic E-state index is 13.4. The zero-order chi connectivity index (χ0) is 16.1. The molecule has 0 aliphatic carbocycles. The van der Waals surface area contributed by atoms with Crippen LogP contribution < -0.4 is 11.1 Å². The molecule has 2 aromatic carbocycles. The van der Waals surface area contributed by atoms with Crippen molar-refractivity contribution in [2.75, 3.05) is 11.1 Å². The van der Waals surface area contributed by atoms with E-state index in [0.29, 0.717) is 23.5 Å². The van der Waals surface area contributed by atoms with Crippen molar-refractivity contribution in [3.8, 4) is 0 Å². The fourth-order valence-corrected chi connectivity index (χ4v) is 2.01. The molecule has 2 rings (SSSR count). The quantitative estimate of drug-likeness (QED) is 0.487. The molecule has 5 nitrogen and oxygen atoms in total. The molecule has 0 atom stereocenters. The first-order valence-corrected chi connectivity index (χ1v) is 6.63. The highest BCUT2D eigenvalue weighted by Gasteiger charge is 2.12. The van der Waals surface area contributed by atoms with Crippen LogP contribution in [0.2, 0.25) is 0 Å². The van der Waals surface area contributed by atoms with E-state index in [0.717, 1.165) is 5.56 Å². The lowest BCUT2D eigenvalue weighted by Gasteiger charge is -2.13. The number of carboxylic acid groups (broad SMARTS) is 1. The van der Waals surface area contributed by atoms with Crippen LogP contribution in [0.4, 0.5) is 15.8 Å². The summed E-state index contributed by atoms with van der Waals surface area (Å²) in [4.78, 5) is 10.7. The van der Waals surface area contributed by atoms with E-state index >= 15 is 0 Å². The van der Waals surface area contributed by atoms with Crippen LogP contribution in [-0.4, -0.2) is 16.8 Å². The highest BCUT2D eigenvalue weighted by Crippen LogP contribution is 2.20. The van der Waals surface area contributed by atoms with Crippen LogP contribution in [0, 0.1) is 11.2 Å². The molecule has 0 fully saturated rings. The molecule has 2 aromatic rings. The zero-order valence-electron chi connectivity index (χ0n) is 11.8. The first kappa shape index (κ1) is 15.5. The number of hydrogen-bond donors (Lipinski definition) is 4. The number of nitrogen functional groups attached to an aromatic ring is 1. The summed E-state index contributed by atoms with van der Waals surface area (Å²) in [5.74, 6) is -1.55. The van der Waals surface area contributed by atoms with Gasteiger partial charge in [0.05, 0.1) is 12.1 Å². The lowest BCUT2D eigenvalue weighted by Crippen LogP contribution is -2.11. The first-order valence-electron chi connectivity index (χ1n) is 6.63. The average Bonchev–Trinajstić information content (AvgIpc) is 2.46. The zero-order valence-corrected chi connectivity index (χ0v) is 11.8. The third kappa shape index (κ3) is 4.05. The van der Waals surface area contributed by atoms with E-state index in [1.54, 1.807) is 12.1 Å². The van der Waals surface area contributed by atoms with E-state index in [-0.39, 0.29) is 5.71 Å². The maximum absolute atomic E-state index is 13.4. The third-order valence-electron chi connectivity index (χ3n) is 3.10. The van der Waals surface area contributed by atoms with Crippen molar-refractivity contribution in [1.82, 2.24) is 0 Å². The number of anilines is 2. The van der Waals surface area contributed by atoms with Crippen LogP contribution in [-0.2, 0) is 11.3 Å². The van der Waals surface area contributed by atoms with E-state index in [4.69, 9.17) is 16.2 Å². The van der Waals surface area contributed by atoms with E-state index in [2.05, 4.69) is 5.32 Å². The van der Waals surface area contributed by atoms with Gasteiger partial charge in [0.25, 0.3) is 0 Å². The molecule has 0 aliphatic rings. The monoisotopic (exact) mass is 301 g/mol. The van der Waals surface area contributed by atoms with Gasteiger partial charge < -0.3 is 21.6 Å². The predicted octanol–water partition coefficient (Wildman–Crippen LogP) is 2.86. The SMILES string of the molecule is N=C(CC(=O)O)c1ccc(F)cc1NCc1ccc(N)cc1. The summed E-state index contributed by atoms with van der Waals surface area (Å²) in [6.45, 7) is 0.414. The van der Waals surface area contributed by atoms with Gasteiger partial charge in [-0.25, -0.2) is 4.39 Å². The topological polar surface area (TPSA) is 99.2 Å². The summed E-state index contributed by atoms with van der Waals surface area (Å²) in [6.07, 6.45) is -0.415. The number of aliphatic carboxylic acids is 1. The Kier molecular flexibility index (Phi) is 4.73. The number of halogens is 1. The van der Waals surface area contributed by atoms with Crippen molar-refractivity contribution < 1.29 is 14.3 Å². The van der Waals surface area contributed by atoms with Crippen LogP contribution in [0.25, 0.3) is 0 Å². The van der Waals surface area contributed by atoms with Gasteiger partial charge in [-0.3, -0.25) is 4.79 Å². The Labute approximate surface area is 127 Å². The highest BCUT2D eigenvalue weighted by atomic mass is 19.1. The van der Waals surface area contributed by atoms with E-state index in [1.165, 1.54) is 18.2 Å². The number of nitrogens with one attached hydrogen (secondary N) is 2. The molecule has 22 heavy (non-hydrogen) atoms. The molecule has 0 saturated heterocycles. The molecular formula is C16H16FN3O2. The average molecular weight is 301 g/mol. The largest absolute Gasteiger partial charge is 0.481 e. The second kappa shape index (κ2) is 6.71. The number of nitrogens with two attached hydrogens (primary N) is 1. The second-order valence-electron chi connectivity index (χ2n) is 4.83. The van der Waals surface area contributed by atoms with E-state index in [9.17, 15) is 9.18 Å². The molecular weight excluding hydrogens is 285 g/mol. The summed E-state index contributed by atoms with van der Waals surface area (Å²) < 4.78 is 13.4. The van der Waals surface area contributed by atoms with Gasteiger partial charge in [-0.15, -0.1) is 0 Å². The first-order chi connectivity index (χ1) is 10.5. The van der Waals surface area contributed by atoms with Crippen molar-refractivity contribution in [3.05, 3.63) is 59.4 Å². The minimum Gasteiger partial charge on any atom is -0.481 e.